The van der Waals surface area contributed by atoms with Gasteiger partial charge < -0.3 is 9.84 Å². The molecule has 0 saturated carbocycles. The van der Waals surface area contributed by atoms with Crippen LogP contribution in [0.1, 0.15) is 37.0 Å². The molecular weight excluding hydrogens is 316 g/mol. The minimum absolute atomic E-state index is 0.0980. The average molecular weight is 331 g/mol. The molecule has 0 bridgehead atoms. The van der Waals surface area contributed by atoms with Gasteiger partial charge in [-0.05, 0) is 49.7 Å². The molecule has 19 heavy (non-hydrogen) atoms. The number of halogens is 1. The number of carboxylic acid groups (broad SMARTS) is 1. The van der Waals surface area contributed by atoms with Gasteiger partial charge >= 0.3 is 12.1 Å². The quantitative estimate of drug-likeness (QED) is 0.869. The first kappa shape index (κ1) is 15.4. The van der Waals surface area contributed by atoms with Gasteiger partial charge in [0.05, 0.1) is 11.4 Å². The fourth-order valence-electron chi connectivity index (χ4n) is 1.30. The lowest BCUT2D eigenvalue weighted by atomic mass is 10.2. The van der Waals surface area contributed by atoms with Crippen LogP contribution in [-0.4, -0.2) is 27.8 Å². The number of nitrogens with one attached hydrogen (secondary N) is 1. The molecular formula is C12H15BrN2O4. The van der Waals surface area contributed by atoms with Crippen LogP contribution >= 0.6 is 15.9 Å². The van der Waals surface area contributed by atoms with E-state index in [2.05, 4.69) is 26.2 Å². The Hall–Kier alpha value is -1.63. The van der Waals surface area contributed by atoms with E-state index < -0.39 is 17.7 Å². The maximum absolute atomic E-state index is 11.7. The fourth-order valence-corrected chi connectivity index (χ4v) is 1.90. The van der Waals surface area contributed by atoms with Crippen LogP contribution in [0.4, 0.5) is 10.5 Å². The number of rotatable bonds is 2. The molecule has 0 radical (unpaired) electrons. The van der Waals surface area contributed by atoms with E-state index in [4.69, 9.17) is 9.84 Å². The molecule has 6 nitrogen and oxygen atoms in total. The van der Waals surface area contributed by atoms with Crippen molar-refractivity contribution in [2.24, 2.45) is 0 Å². The second kappa shape index (κ2) is 5.56. The molecule has 2 N–H and O–H groups in total. The number of ether oxygens (including phenoxy) is 1. The summed E-state index contributed by atoms with van der Waals surface area (Å²) in [5, 5.41) is 11.4. The minimum Gasteiger partial charge on any atom is -0.477 e. The number of aromatic nitrogens is 1. The van der Waals surface area contributed by atoms with Gasteiger partial charge in [-0.2, -0.15) is 0 Å². The van der Waals surface area contributed by atoms with Gasteiger partial charge in [0.25, 0.3) is 0 Å². The van der Waals surface area contributed by atoms with Gasteiger partial charge in [0.2, 0.25) is 0 Å². The predicted molar refractivity (Wildman–Crippen MR) is 73.5 cm³/mol. The Morgan fingerprint density at radius 2 is 2.00 bits per heavy atom. The first-order chi connectivity index (χ1) is 8.60. The normalized spacial score (nSPS) is 11.0. The number of carbonyl (C=O) groups excluding carboxylic acids is 1. The molecule has 0 aliphatic rings. The van der Waals surface area contributed by atoms with Crippen molar-refractivity contribution in [3.05, 3.63) is 21.9 Å². The van der Waals surface area contributed by atoms with Gasteiger partial charge in [0.1, 0.15) is 11.3 Å². The van der Waals surface area contributed by atoms with Crippen molar-refractivity contribution < 1.29 is 19.4 Å². The highest BCUT2D eigenvalue weighted by atomic mass is 79.9. The van der Waals surface area contributed by atoms with Gasteiger partial charge in [-0.3, -0.25) is 5.32 Å². The van der Waals surface area contributed by atoms with Crippen molar-refractivity contribution in [3.63, 3.8) is 0 Å². The van der Waals surface area contributed by atoms with E-state index in [9.17, 15) is 9.59 Å². The number of nitrogens with zero attached hydrogens (tertiary/aromatic N) is 1. The van der Waals surface area contributed by atoms with Crippen LogP contribution in [0, 0.1) is 6.92 Å². The molecule has 1 heterocycles. The molecule has 1 aromatic heterocycles. The fraction of sp³-hybridized carbons (Fsp3) is 0.417. The van der Waals surface area contributed by atoms with Gasteiger partial charge in [0.15, 0.2) is 0 Å². The number of hydrogen-bond acceptors (Lipinski definition) is 4. The van der Waals surface area contributed by atoms with E-state index in [1.165, 1.54) is 6.07 Å². The van der Waals surface area contributed by atoms with E-state index in [1.54, 1.807) is 27.7 Å². The van der Waals surface area contributed by atoms with Crippen LogP contribution in [0.25, 0.3) is 0 Å². The Labute approximate surface area is 119 Å². The molecule has 0 saturated heterocycles. The standard InChI is InChI=1S/C12H15BrN2O4/c1-6-9(15-11(18)19-12(2,3)4)7(13)5-8(14-6)10(16)17/h5H,1-4H3,(H,15,18)(H,16,17). The highest BCUT2D eigenvalue weighted by molar-refractivity contribution is 9.10. The van der Waals surface area contributed by atoms with Crippen molar-refractivity contribution in [2.75, 3.05) is 5.32 Å². The molecule has 0 aliphatic heterocycles. The maximum atomic E-state index is 11.7. The van der Waals surface area contributed by atoms with Crippen molar-refractivity contribution in [3.8, 4) is 0 Å². The van der Waals surface area contributed by atoms with Gasteiger partial charge in [-0.1, -0.05) is 0 Å². The van der Waals surface area contributed by atoms with E-state index in [-0.39, 0.29) is 5.69 Å². The number of hydrogen-bond donors (Lipinski definition) is 2. The van der Waals surface area contributed by atoms with Gasteiger partial charge in [-0.25, -0.2) is 14.6 Å². The highest BCUT2D eigenvalue weighted by Crippen LogP contribution is 2.26. The third-order valence-corrected chi connectivity index (χ3v) is 2.62. The Balaban J connectivity index is 2.97. The zero-order valence-corrected chi connectivity index (χ0v) is 12.7. The molecule has 0 unspecified atom stereocenters. The topological polar surface area (TPSA) is 88.5 Å². The van der Waals surface area contributed by atoms with Crippen LogP contribution in [0.5, 0.6) is 0 Å². The SMILES string of the molecule is Cc1nc(C(=O)O)cc(Br)c1NC(=O)OC(C)(C)C. The summed E-state index contributed by atoms with van der Waals surface area (Å²) in [6.07, 6.45) is -0.624. The van der Waals surface area contributed by atoms with Crippen molar-refractivity contribution in [2.45, 2.75) is 33.3 Å². The average Bonchev–Trinajstić information content (AvgIpc) is 2.20. The van der Waals surface area contributed by atoms with E-state index in [0.717, 1.165) is 0 Å². The van der Waals surface area contributed by atoms with Crippen LogP contribution in [0.3, 0.4) is 0 Å². The summed E-state index contributed by atoms with van der Waals surface area (Å²) in [6, 6.07) is 1.32. The Kier molecular flexibility index (Phi) is 4.52. The molecule has 0 aliphatic carbocycles. The molecule has 0 atom stereocenters. The zero-order valence-electron chi connectivity index (χ0n) is 11.1. The summed E-state index contributed by atoms with van der Waals surface area (Å²) >= 11 is 3.20. The van der Waals surface area contributed by atoms with Gasteiger partial charge in [-0.15, -0.1) is 0 Å². The maximum Gasteiger partial charge on any atom is 0.412 e. The van der Waals surface area contributed by atoms with E-state index >= 15 is 0 Å². The third-order valence-electron chi connectivity index (χ3n) is 2.00. The summed E-state index contributed by atoms with van der Waals surface area (Å²) in [5.74, 6) is -1.13. The number of aromatic carboxylic acids is 1. The van der Waals surface area contributed by atoms with E-state index in [1.807, 2.05) is 0 Å². The van der Waals surface area contributed by atoms with E-state index in [0.29, 0.717) is 15.9 Å². The zero-order chi connectivity index (χ0) is 14.8. The first-order valence-electron chi connectivity index (χ1n) is 5.50. The molecule has 0 aromatic carbocycles. The Morgan fingerprint density at radius 3 is 2.42 bits per heavy atom. The van der Waals surface area contributed by atoms with Crippen LogP contribution in [0.15, 0.2) is 10.5 Å². The summed E-state index contributed by atoms with van der Waals surface area (Å²) in [4.78, 5) is 26.4. The molecule has 1 amide bonds. The van der Waals surface area contributed by atoms with Crippen LogP contribution < -0.4 is 5.32 Å². The van der Waals surface area contributed by atoms with Crippen LogP contribution in [-0.2, 0) is 4.74 Å². The molecule has 1 aromatic rings. The molecule has 0 fully saturated rings. The predicted octanol–water partition coefficient (Wildman–Crippen LogP) is 3.20. The van der Waals surface area contributed by atoms with Crippen molar-refractivity contribution >= 4 is 33.7 Å². The largest absolute Gasteiger partial charge is 0.477 e. The number of pyridine rings is 1. The number of anilines is 1. The summed E-state index contributed by atoms with van der Waals surface area (Å²) in [7, 11) is 0. The first-order valence-corrected chi connectivity index (χ1v) is 6.30. The highest BCUT2D eigenvalue weighted by Gasteiger charge is 2.19. The number of aryl methyl sites for hydroxylation is 1. The second-order valence-electron chi connectivity index (χ2n) is 4.88. The van der Waals surface area contributed by atoms with Crippen molar-refractivity contribution in [1.29, 1.82) is 0 Å². The Morgan fingerprint density at radius 1 is 1.42 bits per heavy atom. The molecule has 0 spiro atoms. The molecule has 104 valence electrons. The molecule has 7 heteroatoms. The summed E-state index contributed by atoms with van der Waals surface area (Å²) < 4.78 is 5.55. The lowest BCUT2D eigenvalue weighted by Gasteiger charge is -2.20. The number of carboxylic acids is 1. The number of carbonyl (C=O) groups is 2. The lowest BCUT2D eigenvalue weighted by Crippen LogP contribution is -2.27. The summed E-state index contributed by atoms with van der Waals surface area (Å²) in [6.45, 7) is 6.85. The smallest absolute Gasteiger partial charge is 0.412 e. The summed E-state index contributed by atoms with van der Waals surface area (Å²) in [5.41, 5.74) is 0.0646. The number of amides is 1. The lowest BCUT2D eigenvalue weighted by molar-refractivity contribution is 0.0634. The van der Waals surface area contributed by atoms with Gasteiger partial charge in [0, 0.05) is 4.47 Å². The monoisotopic (exact) mass is 330 g/mol. The van der Waals surface area contributed by atoms with Crippen molar-refractivity contribution in [1.82, 2.24) is 4.98 Å². The minimum atomic E-state index is -1.13. The van der Waals surface area contributed by atoms with Crippen LogP contribution in [0.2, 0.25) is 0 Å². The molecule has 1 rings (SSSR count). The Bertz CT molecular complexity index is 500. The second-order valence-corrected chi connectivity index (χ2v) is 5.74. The third kappa shape index (κ3) is 4.51.